The molecule has 1 atom stereocenters. The van der Waals surface area contributed by atoms with E-state index < -0.39 is 6.10 Å². The first-order chi connectivity index (χ1) is 19.4. The normalized spacial score (nSPS) is 16.4. The maximum atomic E-state index is 13.2. The molecule has 2 aliphatic heterocycles. The second-order valence-corrected chi connectivity index (χ2v) is 10.7. The summed E-state index contributed by atoms with van der Waals surface area (Å²) in [5, 5.41) is 17.1. The van der Waals surface area contributed by atoms with Gasteiger partial charge in [-0.1, -0.05) is 17.7 Å². The number of hydrogen-bond donors (Lipinski definition) is 5. The van der Waals surface area contributed by atoms with E-state index in [-0.39, 0.29) is 30.7 Å². The highest BCUT2D eigenvalue weighted by Crippen LogP contribution is 2.32. The predicted octanol–water partition coefficient (Wildman–Crippen LogP) is 3.09. The van der Waals surface area contributed by atoms with Crippen LogP contribution in [-0.4, -0.2) is 69.3 Å². The topological polar surface area (TPSA) is 135 Å². The molecule has 1 saturated heterocycles. The molecule has 10 nitrogen and oxygen atoms in total. The van der Waals surface area contributed by atoms with Crippen molar-refractivity contribution in [2.45, 2.75) is 45.4 Å². The number of carbonyl (C=O) groups is 1. The minimum absolute atomic E-state index is 0.0466. The second-order valence-electron chi connectivity index (χ2n) is 10.7. The highest BCUT2D eigenvalue weighted by Gasteiger charge is 2.34. The molecule has 208 valence electrons. The van der Waals surface area contributed by atoms with Crippen LogP contribution >= 0.6 is 0 Å². The van der Waals surface area contributed by atoms with E-state index in [0.29, 0.717) is 34.7 Å². The van der Waals surface area contributed by atoms with Gasteiger partial charge in [0, 0.05) is 30.9 Å². The molecule has 10 heteroatoms. The number of aliphatic hydroxyl groups is 1. The third-order valence-electron chi connectivity index (χ3n) is 7.78. The van der Waals surface area contributed by atoms with Gasteiger partial charge in [-0.15, -0.1) is 0 Å². The van der Waals surface area contributed by atoms with Crippen LogP contribution in [0.3, 0.4) is 0 Å². The second kappa shape index (κ2) is 10.8. The minimum Gasteiger partial charge on any atom is -0.491 e. The number of piperidine rings is 1. The summed E-state index contributed by atoms with van der Waals surface area (Å²) in [5.74, 6) is 1.17. The number of aliphatic hydroxyl groups excluding tert-OH is 1. The van der Waals surface area contributed by atoms with E-state index in [2.05, 4.69) is 20.6 Å². The van der Waals surface area contributed by atoms with Crippen LogP contribution in [0.5, 0.6) is 5.75 Å². The SMILES string of the molecule is Cc1ccc(OCC(O)CNc2cc[nH]c(=O)c2-c2nc3cc4c(cc3[nH]2)CN(C2CCNCC2)C4=O)c(C)c1. The van der Waals surface area contributed by atoms with Gasteiger partial charge in [0.15, 0.2) is 0 Å². The van der Waals surface area contributed by atoms with Crippen LogP contribution < -0.4 is 20.9 Å². The maximum absolute atomic E-state index is 13.2. The fraction of sp³-hybridized carbons (Fsp3) is 0.367. The minimum atomic E-state index is -0.805. The summed E-state index contributed by atoms with van der Waals surface area (Å²) in [6.07, 6.45) is 2.66. The molecule has 1 fully saturated rings. The van der Waals surface area contributed by atoms with Crippen molar-refractivity contribution in [1.29, 1.82) is 0 Å². The average Bonchev–Trinajstić information content (AvgIpc) is 3.50. The van der Waals surface area contributed by atoms with E-state index in [1.165, 1.54) is 0 Å². The Bertz CT molecular complexity index is 1620. The van der Waals surface area contributed by atoms with Crippen molar-refractivity contribution in [3.8, 4) is 17.1 Å². The van der Waals surface area contributed by atoms with E-state index in [9.17, 15) is 14.7 Å². The highest BCUT2D eigenvalue weighted by atomic mass is 16.5. The number of benzene rings is 2. The Morgan fingerprint density at radius 3 is 2.77 bits per heavy atom. The molecule has 2 aliphatic rings. The van der Waals surface area contributed by atoms with E-state index in [0.717, 1.165) is 53.9 Å². The third kappa shape index (κ3) is 5.07. The summed E-state index contributed by atoms with van der Waals surface area (Å²) >= 11 is 0. The van der Waals surface area contributed by atoms with Gasteiger partial charge in [0.25, 0.3) is 11.5 Å². The van der Waals surface area contributed by atoms with Crippen LogP contribution in [0.1, 0.15) is 39.9 Å². The van der Waals surface area contributed by atoms with Crippen LogP contribution in [-0.2, 0) is 6.54 Å². The number of nitrogens with zero attached hydrogens (tertiary/aromatic N) is 2. The average molecular weight is 543 g/mol. The standard InChI is InChI=1S/C30H34N6O4/c1-17-3-4-26(18(2)11-17)40-16-21(37)14-33-23-7-10-32-29(38)27(23)28-34-24-12-19-15-36(20-5-8-31-9-6-20)30(39)22(19)13-25(24)35-28/h3-4,7,10-13,20-21,31,37H,5-6,8-9,14-16H2,1-2H3,(H,34,35)(H2,32,33,38). The van der Waals surface area contributed by atoms with E-state index in [1.807, 2.05) is 49.1 Å². The molecule has 4 aromatic rings. The molecule has 40 heavy (non-hydrogen) atoms. The van der Waals surface area contributed by atoms with Crippen LogP contribution in [0.2, 0.25) is 0 Å². The van der Waals surface area contributed by atoms with Gasteiger partial charge < -0.3 is 35.3 Å². The lowest BCUT2D eigenvalue weighted by molar-refractivity contribution is 0.0668. The Kier molecular flexibility index (Phi) is 7.03. The molecule has 2 aromatic heterocycles. The number of aromatic nitrogens is 3. The van der Waals surface area contributed by atoms with E-state index in [1.54, 1.807) is 12.3 Å². The first-order valence-corrected chi connectivity index (χ1v) is 13.8. The van der Waals surface area contributed by atoms with Crippen LogP contribution in [0.15, 0.2) is 47.4 Å². The summed E-state index contributed by atoms with van der Waals surface area (Å²) in [4.78, 5) is 38.8. The molecule has 0 spiro atoms. The number of aromatic amines is 2. The summed E-state index contributed by atoms with van der Waals surface area (Å²) in [6.45, 7) is 6.71. The van der Waals surface area contributed by atoms with E-state index in [4.69, 9.17) is 9.72 Å². The van der Waals surface area contributed by atoms with Crippen molar-refractivity contribution in [3.05, 3.63) is 75.2 Å². The van der Waals surface area contributed by atoms with Gasteiger partial charge in [-0.2, -0.15) is 0 Å². The van der Waals surface area contributed by atoms with E-state index >= 15 is 0 Å². The monoisotopic (exact) mass is 542 g/mol. The Labute approximate surface area is 231 Å². The molecule has 5 N–H and O–H groups in total. The van der Waals surface area contributed by atoms with Crippen molar-refractivity contribution >= 4 is 22.6 Å². The molecule has 0 aliphatic carbocycles. The Balaban J connectivity index is 1.18. The number of pyridine rings is 1. The highest BCUT2D eigenvalue weighted by molar-refractivity contribution is 6.02. The molecular weight excluding hydrogens is 508 g/mol. The Morgan fingerprint density at radius 1 is 1.15 bits per heavy atom. The largest absolute Gasteiger partial charge is 0.491 e. The number of fused-ring (bicyclic) bond motifs is 2. The number of aryl methyl sites for hydroxylation is 2. The summed E-state index contributed by atoms with van der Waals surface area (Å²) in [5.41, 5.74) is 5.76. The Morgan fingerprint density at radius 2 is 1.98 bits per heavy atom. The summed E-state index contributed by atoms with van der Waals surface area (Å²) < 4.78 is 5.80. The first-order valence-electron chi connectivity index (χ1n) is 13.8. The first kappa shape index (κ1) is 26.1. The predicted molar refractivity (Wildman–Crippen MR) is 154 cm³/mol. The van der Waals surface area contributed by atoms with Gasteiger partial charge in [-0.3, -0.25) is 9.59 Å². The van der Waals surface area contributed by atoms with Crippen molar-refractivity contribution in [3.63, 3.8) is 0 Å². The lowest BCUT2D eigenvalue weighted by Gasteiger charge is -2.31. The molecule has 0 saturated carbocycles. The van der Waals surface area contributed by atoms with Gasteiger partial charge in [-0.05, 0) is 75.2 Å². The molecule has 2 aromatic carbocycles. The van der Waals surface area contributed by atoms with Crippen LogP contribution in [0, 0.1) is 13.8 Å². The molecule has 0 bridgehead atoms. The van der Waals surface area contributed by atoms with Gasteiger partial charge in [0.2, 0.25) is 0 Å². The number of H-pyrrole nitrogens is 2. The van der Waals surface area contributed by atoms with Crippen molar-refractivity contribution in [2.24, 2.45) is 0 Å². The fourth-order valence-corrected chi connectivity index (χ4v) is 5.67. The number of amides is 1. The lowest BCUT2D eigenvalue weighted by Crippen LogP contribution is -2.43. The number of ether oxygens (including phenoxy) is 1. The van der Waals surface area contributed by atoms with Crippen LogP contribution in [0.25, 0.3) is 22.4 Å². The molecule has 0 radical (unpaired) electrons. The van der Waals surface area contributed by atoms with Gasteiger partial charge in [-0.25, -0.2) is 4.98 Å². The lowest BCUT2D eigenvalue weighted by atomic mass is 10.1. The smallest absolute Gasteiger partial charge is 0.261 e. The van der Waals surface area contributed by atoms with Crippen LogP contribution in [0.4, 0.5) is 5.69 Å². The number of nitrogens with one attached hydrogen (secondary N) is 4. The Hall–Kier alpha value is -4.15. The maximum Gasteiger partial charge on any atom is 0.261 e. The quantitative estimate of drug-likeness (QED) is 0.231. The number of carbonyl (C=O) groups excluding carboxylic acids is 1. The molecule has 1 amide bonds. The third-order valence-corrected chi connectivity index (χ3v) is 7.78. The zero-order valence-electron chi connectivity index (χ0n) is 22.7. The fourth-order valence-electron chi connectivity index (χ4n) is 5.67. The molecule has 4 heterocycles. The summed E-state index contributed by atoms with van der Waals surface area (Å²) in [7, 11) is 0. The van der Waals surface area contributed by atoms with Gasteiger partial charge in [0.05, 0.1) is 16.7 Å². The van der Waals surface area contributed by atoms with Crippen molar-refractivity contribution in [1.82, 2.24) is 25.2 Å². The molecule has 1 unspecified atom stereocenters. The number of rotatable bonds is 8. The molecular formula is C30H34N6O4. The molecule has 6 rings (SSSR count). The zero-order valence-corrected chi connectivity index (χ0v) is 22.7. The number of imidazole rings is 1. The number of hydrogen-bond acceptors (Lipinski definition) is 7. The van der Waals surface area contributed by atoms with Gasteiger partial charge in [0.1, 0.15) is 29.8 Å². The van der Waals surface area contributed by atoms with Gasteiger partial charge >= 0.3 is 0 Å². The zero-order chi connectivity index (χ0) is 27.8. The van der Waals surface area contributed by atoms with Crippen molar-refractivity contribution in [2.75, 3.05) is 31.6 Å². The number of anilines is 1. The van der Waals surface area contributed by atoms with Crippen molar-refractivity contribution < 1.29 is 14.6 Å². The summed E-state index contributed by atoms with van der Waals surface area (Å²) in [6, 6.07) is 11.7.